The van der Waals surface area contributed by atoms with Crippen molar-refractivity contribution in [2.75, 3.05) is 19.0 Å². The summed E-state index contributed by atoms with van der Waals surface area (Å²) in [5.41, 5.74) is 1.21. The predicted octanol–water partition coefficient (Wildman–Crippen LogP) is 6.08. The lowest BCUT2D eigenvalue weighted by atomic mass is 9.93. The van der Waals surface area contributed by atoms with Crippen LogP contribution in [0.4, 0.5) is 28.2 Å². The molecule has 1 N–H and O–H groups in total. The lowest BCUT2D eigenvalue weighted by Gasteiger charge is -2.17. The van der Waals surface area contributed by atoms with E-state index in [0.29, 0.717) is 18.4 Å². The summed E-state index contributed by atoms with van der Waals surface area (Å²) in [5.74, 6) is -1.59. The molecule has 8 nitrogen and oxygen atoms in total. The molecule has 1 amide bonds. The third-order valence-corrected chi connectivity index (χ3v) is 5.69. The van der Waals surface area contributed by atoms with Crippen molar-refractivity contribution >= 4 is 28.8 Å². The van der Waals surface area contributed by atoms with E-state index in [1.165, 1.54) is 18.3 Å². The van der Waals surface area contributed by atoms with Crippen molar-refractivity contribution in [1.29, 1.82) is 0 Å². The Morgan fingerprint density at radius 2 is 1.92 bits per heavy atom. The average Bonchev–Trinajstić information content (AvgIpc) is 2.92. The van der Waals surface area contributed by atoms with Gasteiger partial charge in [0.2, 0.25) is 0 Å². The summed E-state index contributed by atoms with van der Waals surface area (Å²) in [6, 6.07) is 10.7. The van der Waals surface area contributed by atoms with E-state index in [2.05, 4.69) is 20.0 Å². The van der Waals surface area contributed by atoms with E-state index in [4.69, 9.17) is 9.47 Å². The number of aromatic nitrogens is 2. The molecular formula is C27H23F4N3O5. The number of benzene rings is 1. The zero-order valence-electron chi connectivity index (χ0n) is 20.6. The third kappa shape index (κ3) is 7.30. The maximum Gasteiger partial charge on any atom is 0.422 e. The minimum absolute atomic E-state index is 0.0342. The minimum Gasteiger partial charge on any atom is -0.484 e. The van der Waals surface area contributed by atoms with Gasteiger partial charge in [0.1, 0.15) is 23.8 Å². The smallest absolute Gasteiger partial charge is 0.422 e. The fourth-order valence-electron chi connectivity index (χ4n) is 3.89. The maximum atomic E-state index is 13.4. The summed E-state index contributed by atoms with van der Waals surface area (Å²) in [6.07, 6.45) is 0.813. The van der Waals surface area contributed by atoms with Gasteiger partial charge in [-0.15, -0.1) is 0 Å². The van der Waals surface area contributed by atoms with Crippen molar-refractivity contribution in [3.8, 4) is 5.75 Å². The number of pyridine rings is 2. The quantitative estimate of drug-likeness (QED) is 0.271. The van der Waals surface area contributed by atoms with Crippen LogP contribution >= 0.6 is 0 Å². The van der Waals surface area contributed by atoms with Crippen LogP contribution in [-0.4, -0.2) is 41.9 Å². The number of hydrogen-bond donors (Lipinski definition) is 1. The van der Waals surface area contributed by atoms with E-state index >= 15 is 0 Å². The van der Waals surface area contributed by atoms with Crippen molar-refractivity contribution in [3.05, 3.63) is 83.5 Å². The number of alkyl halides is 3. The van der Waals surface area contributed by atoms with Gasteiger partial charge in [-0.2, -0.15) is 13.2 Å². The number of carbonyl (C=O) groups excluding carboxylic acids is 2. The van der Waals surface area contributed by atoms with Crippen LogP contribution in [0.2, 0.25) is 0 Å². The molecule has 0 spiro atoms. The van der Waals surface area contributed by atoms with Gasteiger partial charge >= 0.3 is 18.2 Å². The molecule has 0 radical (unpaired) electrons. The molecule has 0 aliphatic heterocycles. The average molecular weight is 545 g/mol. The molecule has 204 valence electrons. The van der Waals surface area contributed by atoms with Crippen molar-refractivity contribution < 1.29 is 41.4 Å². The Kier molecular flexibility index (Phi) is 8.43. The number of ether oxygens (including phenoxy) is 3. The third-order valence-electron chi connectivity index (χ3n) is 5.69. The van der Waals surface area contributed by atoms with Gasteiger partial charge in [0, 0.05) is 11.6 Å². The van der Waals surface area contributed by atoms with Crippen LogP contribution in [0.25, 0.3) is 10.9 Å². The van der Waals surface area contributed by atoms with Gasteiger partial charge in [0.15, 0.2) is 18.1 Å². The fraction of sp³-hybridized carbons (Fsp3) is 0.259. The van der Waals surface area contributed by atoms with E-state index in [-0.39, 0.29) is 46.5 Å². The molecule has 0 fully saturated rings. The number of amides is 1. The van der Waals surface area contributed by atoms with E-state index in [9.17, 15) is 27.2 Å². The molecule has 1 unspecified atom stereocenters. The summed E-state index contributed by atoms with van der Waals surface area (Å²) in [4.78, 5) is 33.4. The number of esters is 1. The Balaban J connectivity index is 1.75. The largest absolute Gasteiger partial charge is 0.484 e. The van der Waals surface area contributed by atoms with Crippen LogP contribution in [0.1, 0.15) is 28.0 Å². The van der Waals surface area contributed by atoms with Crippen LogP contribution in [-0.2, 0) is 22.5 Å². The maximum absolute atomic E-state index is 13.4. The number of hydrogen-bond acceptors (Lipinski definition) is 7. The molecule has 1 aliphatic rings. The summed E-state index contributed by atoms with van der Waals surface area (Å²) in [5, 5.41) is 2.35. The zero-order chi connectivity index (χ0) is 28.0. The highest BCUT2D eigenvalue weighted by atomic mass is 19.4. The van der Waals surface area contributed by atoms with Crippen LogP contribution in [0.15, 0.2) is 66.6 Å². The molecule has 1 atom stereocenters. The van der Waals surface area contributed by atoms with Gasteiger partial charge < -0.3 is 14.2 Å². The van der Waals surface area contributed by atoms with Gasteiger partial charge in [0.25, 0.3) is 0 Å². The molecule has 0 saturated heterocycles. The first kappa shape index (κ1) is 27.6. The van der Waals surface area contributed by atoms with E-state index in [1.807, 2.05) is 6.07 Å². The number of allylic oxidation sites excluding steroid dienone is 4. The highest BCUT2D eigenvalue weighted by Gasteiger charge is 2.30. The minimum atomic E-state index is -4.74. The zero-order valence-corrected chi connectivity index (χ0v) is 20.6. The molecule has 0 bridgehead atoms. The van der Waals surface area contributed by atoms with Crippen LogP contribution in [0, 0.1) is 5.92 Å². The number of methoxy groups -OCH3 is 1. The fourth-order valence-corrected chi connectivity index (χ4v) is 3.89. The number of carbonyl (C=O) groups is 2. The lowest BCUT2D eigenvalue weighted by Crippen LogP contribution is -2.24. The predicted molar refractivity (Wildman–Crippen MR) is 133 cm³/mol. The number of nitrogens with zero attached hydrogens (tertiary/aromatic N) is 2. The van der Waals surface area contributed by atoms with Crippen LogP contribution < -0.4 is 10.1 Å². The molecule has 3 aromatic rings. The van der Waals surface area contributed by atoms with Gasteiger partial charge in [-0.3, -0.25) is 10.3 Å². The SMILES string of the molecule is COC(=O)c1nc(NC(=O)OCC(F)(F)F)c2cc(CC3C=CC(F)=CC3)cnc2c1OCc1ccccc1. The van der Waals surface area contributed by atoms with E-state index < -0.39 is 24.8 Å². The highest BCUT2D eigenvalue weighted by Crippen LogP contribution is 2.34. The Bertz CT molecular complexity index is 1420. The standard InChI is InChI=1S/C27H23F4N3O5/c1-37-25(35)22-23(38-14-17-5-3-2-4-6-17)21-20(24(33-22)34-26(36)39-15-27(29,30)31)12-18(13-32-21)11-16-7-9-19(28)10-8-16/h2-7,9-10,12-13,16H,8,11,14-15H2,1H3,(H,33,34,36). The summed E-state index contributed by atoms with van der Waals surface area (Å²) >= 11 is 0. The summed E-state index contributed by atoms with van der Waals surface area (Å²) in [6.45, 7) is -1.78. The summed E-state index contributed by atoms with van der Waals surface area (Å²) < 4.78 is 66.0. The summed E-state index contributed by atoms with van der Waals surface area (Å²) in [7, 11) is 1.12. The molecular weight excluding hydrogens is 522 g/mol. The molecule has 39 heavy (non-hydrogen) atoms. The number of rotatable bonds is 8. The van der Waals surface area contributed by atoms with Crippen molar-refractivity contribution in [1.82, 2.24) is 9.97 Å². The van der Waals surface area contributed by atoms with Crippen LogP contribution in [0.3, 0.4) is 0 Å². The number of halogens is 4. The number of nitrogens with one attached hydrogen (secondary N) is 1. The topological polar surface area (TPSA) is 99.6 Å². The normalized spacial score (nSPS) is 15.0. The molecule has 2 heterocycles. The van der Waals surface area contributed by atoms with Crippen LogP contribution in [0.5, 0.6) is 5.75 Å². The second-order valence-electron chi connectivity index (χ2n) is 8.61. The Labute approximate surface area is 220 Å². The molecule has 1 aromatic carbocycles. The Hall–Kier alpha value is -4.48. The molecule has 0 saturated carbocycles. The van der Waals surface area contributed by atoms with Crippen molar-refractivity contribution in [3.63, 3.8) is 0 Å². The molecule has 2 aromatic heterocycles. The second kappa shape index (κ2) is 11.9. The van der Waals surface area contributed by atoms with Crippen molar-refractivity contribution in [2.24, 2.45) is 5.92 Å². The van der Waals surface area contributed by atoms with E-state index in [0.717, 1.165) is 12.7 Å². The van der Waals surface area contributed by atoms with Gasteiger partial charge in [-0.05, 0) is 48.1 Å². The number of anilines is 1. The first-order valence-corrected chi connectivity index (χ1v) is 11.7. The van der Waals surface area contributed by atoms with E-state index in [1.54, 1.807) is 36.4 Å². The van der Waals surface area contributed by atoms with Gasteiger partial charge in [0.05, 0.1) is 7.11 Å². The van der Waals surface area contributed by atoms with Gasteiger partial charge in [-0.1, -0.05) is 36.4 Å². The number of fused-ring (bicyclic) bond motifs is 1. The second-order valence-corrected chi connectivity index (χ2v) is 8.61. The van der Waals surface area contributed by atoms with Gasteiger partial charge in [-0.25, -0.2) is 19.0 Å². The first-order valence-electron chi connectivity index (χ1n) is 11.7. The Morgan fingerprint density at radius 1 is 1.15 bits per heavy atom. The lowest BCUT2D eigenvalue weighted by molar-refractivity contribution is -0.159. The molecule has 4 rings (SSSR count). The first-order chi connectivity index (χ1) is 18.6. The van der Waals surface area contributed by atoms with Crippen molar-refractivity contribution in [2.45, 2.75) is 25.6 Å². The Morgan fingerprint density at radius 3 is 2.59 bits per heavy atom. The molecule has 12 heteroatoms. The highest BCUT2D eigenvalue weighted by molar-refractivity contribution is 6.04. The monoisotopic (exact) mass is 545 g/mol. The molecule has 1 aliphatic carbocycles.